The average molecular weight is 252 g/mol. The third-order valence-electron chi connectivity index (χ3n) is 2.25. The lowest BCUT2D eigenvalue weighted by molar-refractivity contribution is -0.143. The smallest absolute Gasteiger partial charge is 0.326 e. The summed E-state index contributed by atoms with van der Waals surface area (Å²) in [6, 6.07) is 2.44. The van der Waals surface area contributed by atoms with Crippen LogP contribution in [-0.2, 0) is 9.59 Å². The number of carbonyl (C=O) groups excluding carboxylic acids is 1. The van der Waals surface area contributed by atoms with E-state index >= 15 is 0 Å². The molecule has 98 valence electrons. The summed E-state index contributed by atoms with van der Waals surface area (Å²) in [4.78, 5) is 26.2. The Kier molecular flexibility index (Phi) is 5.10. The molecule has 1 heterocycles. The lowest BCUT2D eigenvalue weighted by Gasteiger charge is -2.17. The third kappa shape index (κ3) is 4.40. The van der Waals surface area contributed by atoms with Crippen molar-refractivity contribution in [2.45, 2.75) is 19.9 Å². The number of amides is 1. The number of nitrogens with one attached hydrogen (secondary N) is 1. The topological polar surface area (TPSA) is 88.5 Å². The van der Waals surface area contributed by atoms with E-state index in [-0.39, 0.29) is 12.5 Å². The van der Waals surface area contributed by atoms with Crippen LogP contribution in [0.25, 0.3) is 0 Å². The van der Waals surface area contributed by atoms with E-state index < -0.39 is 17.9 Å². The normalized spacial score (nSPS) is 11.9. The van der Waals surface area contributed by atoms with Gasteiger partial charge in [-0.05, 0) is 18.1 Å². The van der Waals surface area contributed by atoms with Gasteiger partial charge >= 0.3 is 5.97 Å². The van der Waals surface area contributed by atoms with Crippen molar-refractivity contribution in [3.63, 3.8) is 0 Å². The number of rotatable bonds is 6. The SMILES string of the molecule is CC(C)[C@@H](NC(=O)COc1cccnc1)C(=O)O. The summed E-state index contributed by atoms with van der Waals surface area (Å²) in [5.41, 5.74) is 0. The second-order valence-corrected chi connectivity index (χ2v) is 4.10. The second kappa shape index (κ2) is 6.58. The number of hydrogen-bond acceptors (Lipinski definition) is 4. The van der Waals surface area contributed by atoms with Crippen molar-refractivity contribution >= 4 is 11.9 Å². The third-order valence-corrected chi connectivity index (χ3v) is 2.25. The molecule has 1 rings (SSSR count). The molecule has 0 saturated carbocycles. The monoisotopic (exact) mass is 252 g/mol. The Balaban J connectivity index is 2.44. The van der Waals surface area contributed by atoms with Crippen molar-refractivity contribution in [2.75, 3.05) is 6.61 Å². The number of ether oxygens (including phenoxy) is 1. The van der Waals surface area contributed by atoms with Gasteiger partial charge < -0.3 is 15.2 Å². The standard InChI is InChI=1S/C12H16N2O4/c1-8(2)11(12(16)17)14-10(15)7-18-9-4-3-5-13-6-9/h3-6,8,11H,7H2,1-2H3,(H,14,15)(H,16,17)/t11-/m1/s1. The molecule has 18 heavy (non-hydrogen) atoms. The number of carboxylic acid groups (broad SMARTS) is 1. The zero-order valence-electron chi connectivity index (χ0n) is 10.3. The minimum absolute atomic E-state index is 0.190. The van der Waals surface area contributed by atoms with Crippen molar-refractivity contribution in [3.05, 3.63) is 24.5 Å². The van der Waals surface area contributed by atoms with Crippen LogP contribution < -0.4 is 10.1 Å². The van der Waals surface area contributed by atoms with Crippen molar-refractivity contribution in [3.8, 4) is 5.75 Å². The van der Waals surface area contributed by atoms with Crippen LogP contribution in [0.1, 0.15) is 13.8 Å². The molecule has 1 atom stereocenters. The molecule has 0 aliphatic heterocycles. The summed E-state index contributed by atoms with van der Waals surface area (Å²) in [6.45, 7) is 3.21. The van der Waals surface area contributed by atoms with Gasteiger partial charge in [-0.2, -0.15) is 0 Å². The summed E-state index contributed by atoms with van der Waals surface area (Å²) in [5, 5.41) is 11.3. The maximum atomic E-state index is 11.5. The number of carbonyl (C=O) groups is 2. The fourth-order valence-electron chi connectivity index (χ4n) is 1.31. The van der Waals surface area contributed by atoms with Gasteiger partial charge in [0.25, 0.3) is 5.91 Å². The van der Waals surface area contributed by atoms with E-state index in [0.717, 1.165) is 0 Å². The Morgan fingerprint density at radius 1 is 1.50 bits per heavy atom. The zero-order valence-corrected chi connectivity index (χ0v) is 10.3. The molecule has 0 aliphatic rings. The summed E-state index contributed by atoms with van der Waals surface area (Å²) in [5.74, 6) is -1.26. The second-order valence-electron chi connectivity index (χ2n) is 4.10. The van der Waals surface area contributed by atoms with Crippen LogP contribution in [0, 0.1) is 5.92 Å². The quantitative estimate of drug-likeness (QED) is 0.777. The van der Waals surface area contributed by atoms with Gasteiger partial charge in [0.05, 0.1) is 6.20 Å². The Hall–Kier alpha value is -2.11. The minimum Gasteiger partial charge on any atom is -0.482 e. The highest BCUT2D eigenvalue weighted by molar-refractivity contribution is 5.84. The molecule has 0 aliphatic carbocycles. The van der Waals surface area contributed by atoms with Gasteiger partial charge in [0.2, 0.25) is 0 Å². The van der Waals surface area contributed by atoms with Crippen LogP contribution in [0.3, 0.4) is 0 Å². The Bertz CT molecular complexity index is 406. The van der Waals surface area contributed by atoms with Crippen LogP contribution in [0.5, 0.6) is 5.75 Å². The van der Waals surface area contributed by atoms with Crippen molar-refractivity contribution < 1.29 is 19.4 Å². The first kappa shape index (κ1) is 14.0. The van der Waals surface area contributed by atoms with Crippen molar-refractivity contribution in [1.82, 2.24) is 10.3 Å². The van der Waals surface area contributed by atoms with Crippen LogP contribution in [0.2, 0.25) is 0 Å². The van der Waals surface area contributed by atoms with E-state index in [9.17, 15) is 9.59 Å². The lowest BCUT2D eigenvalue weighted by atomic mass is 10.1. The predicted molar refractivity (Wildman–Crippen MR) is 64.1 cm³/mol. The Morgan fingerprint density at radius 3 is 2.72 bits per heavy atom. The van der Waals surface area contributed by atoms with Crippen LogP contribution in [-0.4, -0.2) is 34.6 Å². The molecular formula is C12H16N2O4. The van der Waals surface area contributed by atoms with Gasteiger partial charge in [0, 0.05) is 6.20 Å². The van der Waals surface area contributed by atoms with Gasteiger partial charge in [-0.25, -0.2) is 4.79 Å². The highest BCUT2D eigenvalue weighted by Gasteiger charge is 2.23. The molecule has 0 spiro atoms. The summed E-state index contributed by atoms with van der Waals surface area (Å²) < 4.78 is 5.16. The number of aliphatic carboxylic acids is 1. The maximum absolute atomic E-state index is 11.5. The lowest BCUT2D eigenvalue weighted by Crippen LogP contribution is -2.46. The molecule has 0 saturated heterocycles. The van der Waals surface area contributed by atoms with Gasteiger partial charge in [-0.3, -0.25) is 9.78 Å². The van der Waals surface area contributed by atoms with E-state index in [1.165, 1.54) is 6.20 Å². The van der Waals surface area contributed by atoms with Gasteiger partial charge in [0.15, 0.2) is 6.61 Å². The highest BCUT2D eigenvalue weighted by Crippen LogP contribution is 2.06. The molecule has 1 aromatic heterocycles. The van der Waals surface area contributed by atoms with E-state index in [0.29, 0.717) is 5.75 Å². The number of carboxylic acids is 1. The van der Waals surface area contributed by atoms with E-state index in [1.54, 1.807) is 32.2 Å². The predicted octanol–water partition coefficient (Wildman–Crippen LogP) is 0.686. The molecule has 6 heteroatoms. The molecule has 0 radical (unpaired) electrons. The first-order valence-electron chi connectivity index (χ1n) is 5.55. The molecule has 1 amide bonds. The zero-order chi connectivity index (χ0) is 13.5. The Labute approximate surface area is 105 Å². The number of nitrogens with zero attached hydrogens (tertiary/aromatic N) is 1. The van der Waals surface area contributed by atoms with Crippen molar-refractivity contribution in [1.29, 1.82) is 0 Å². The molecule has 0 bridgehead atoms. The van der Waals surface area contributed by atoms with Crippen LogP contribution in [0.4, 0.5) is 0 Å². The minimum atomic E-state index is -1.06. The first-order valence-corrected chi connectivity index (χ1v) is 5.55. The molecule has 0 unspecified atom stereocenters. The van der Waals surface area contributed by atoms with E-state index in [1.807, 2.05) is 0 Å². The Morgan fingerprint density at radius 2 is 2.22 bits per heavy atom. The van der Waals surface area contributed by atoms with Gasteiger partial charge in [-0.15, -0.1) is 0 Å². The van der Waals surface area contributed by atoms with E-state index in [4.69, 9.17) is 9.84 Å². The molecular weight excluding hydrogens is 236 g/mol. The molecule has 1 aromatic rings. The largest absolute Gasteiger partial charge is 0.482 e. The summed E-state index contributed by atoms with van der Waals surface area (Å²) in [7, 11) is 0. The molecule has 0 aromatic carbocycles. The van der Waals surface area contributed by atoms with E-state index in [2.05, 4.69) is 10.3 Å². The van der Waals surface area contributed by atoms with Gasteiger partial charge in [0.1, 0.15) is 11.8 Å². The highest BCUT2D eigenvalue weighted by atomic mass is 16.5. The molecule has 2 N–H and O–H groups in total. The number of hydrogen-bond donors (Lipinski definition) is 2. The maximum Gasteiger partial charge on any atom is 0.326 e. The summed E-state index contributed by atoms with van der Waals surface area (Å²) >= 11 is 0. The van der Waals surface area contributed by atoms with Crippen LogP contribution in [0.15, 0.2) is 24.5 Å². The average Bonchev–Trinajstić information content (AvgIpc) is 2.34. The van der Waals surface area contributed by atoms with Crippen LogP contribution >= 0.6 is 0 Å². The number of aromatic nitrogens is 1. The molecule has 0 fully saturated rings. The fraction of sp³-hybridized carbons (Fsp3) is 0.417. The van der Waals surface area contributed by atoms with Gasteiger partial charge in [-0.1, -0.05) is 13.8 Å². The number of pyridine rings is 1. The fourth-order valence-corrected chi connectivity index (χ4v) is 1.31. The first-order chi connectivity index (χ1) is 8.50. The summed E-state index contributed by atoms with van der Waals surface area (Å²) in [6.07, 6.45) is 3.07. The molecule has 6 nitrogen and oxygen atoms in total. The van der Waals surface area contributed by atoms with Crippen molar-refractivity contribution in [2.24, 2.45) is 5.92 Å².